The maximum Gasteiger partial charge on any atom is 0.0246 e. The molecule has 0 aromatic rings. The van der Waals surface area contributed by atoms with Crippen LogP contribution in [0.25, 0.3) is 0 Å². The molecule has 0 amide bonds. The fourth-order valence-electron chi connectivity index (χ4n) is 0.623. The van der Waals surface area contributed by atoms with Crippen molar-refractivity contribution in [1.29, 1.82) is 0 Å². The van der Waals surface area contributed by atoms with E-state index in [2.05, 4.69) is 16.6 Å². The zero-order valence-electron chi connectivity index (χ0n) is 4.80. The van der Waals surface area contributed by atoms with Crippen molar-refractivity contribution in [3.63, 3.8) is 0 Å². The summed E-state index contributed by atoms with van der Waals surface area (Å²) in [6.45, 7) is 0. The van der Waals surface area contributed by atoms with Crippen LogP contribution in [0.3, 0.4) is 0 Å². The Morgan fingerprint density at radius 2 is 2.38 bits per heavy atom. The molecule has 1 heterocycles. The van der Waals surface area contributed by atoms with Crippen LogP contribution >= 0.6 is 0 Å². The third-order valence-electron chi connectivity index (χ3n) is 1.06. The first-order chi connectivity index (χ1) is 4.00. The van der Waals surface area contributed by atoms with Crippen molar-refractivity contribution >= 4 is 6.21 Å². The molecule has 1 N–H and O–H groups in total. The summed E-state index contributed by atoms with van der Waals surface area (Å²) >= 11 is 0. The number of rotatable bonds is 0. The first-order valence-electron chi connectivity index (χ1n) is 2.92. The van der Waals surface area contributed by atoms with Gasteiger partial charge in [-0.2, -0.15) is 5.10 Å². The van der Waals surface area contributed by atoms with E-state index < -0.39 is 0 Å². The molecule has 0 saturated heterocycles. The van der Waals surface area contributed by atoms with Crippen LogP contribution in [-0.2, 0) is 0 Å². The number of hydrogen-bond acceptors (Lipinski definition) is 2. The average molecular weight is 110 g/mol. The Kier molecular flexibility index (Phi) is 2.17. The third kappa shape index (κ3) is 1.78. The van der Waals surface area contributed by atoms with Crippen molar-refractivity contribution in [2.24, 2.45) is 5.10 Å². The van der Waals surface area contributed by atoms with Gasteiger partial charge < -0.3 is 0 Å². The Morgan fingerprint density at radius 1 is 1.38 bits per heavy atom. The minimum atomic E-state index is 1.09. The van der Waals surface area contributed by atoms with Crippen molar-refractivity contribution in [2.45, 2.75) is 19.3 Å². The quantitative estimate of drug-likeness (QED) is 0.498. The maximum absolute atomic E-state index is 3.87. The molecule has 0 saturated carbocycles. The van der Waals surface area contributed by atoms with Gasteiger partial charge in [0.05, 0.1) is 0 Å². The number of nitrogens with zero attached hydrogens (tertiary/aromatic N) is 1. The molecule has 44 valence electrons. The van der Waals surface area contributed by atoms with Crippen LogP contribution in [0.5, 0.6) is 0 Å². The Labute approximate surface area is 49.3 Å². The van der Waals surface area contributed by atoms with Gasteiger partial charge in [-0.25, -0.2) is 0 Å². The third-order valence-corrected chi connectivity index (χ3v) is 1.06. The van der Waals surface area contributed by atoms with Crippen molar-refractivity contribution in [3.8, 4) is 0 Å². The zero-order chi connectivity index (χ0) is 5.66. The van der Waals surface area contributed by atoms with Crippen LogP contribution in [0.2, 0.25) is 0 Å². The molecule has 0 fully saturated rings. The largest absolute Gasteiger partial charge is 0.286 e. The van der Waals surface area contributed by atoms with E-state index in [9.17, 15) is 0 Å². The summed E-state index contributed by atoms with van der Waals surface area (Å²) in [4.78, 5) is 0. The van der Waals surface area contributed by atoms with Gasteiger partial charge >= 0.3 is 0 Å². The molecule has 0 bridgehead atoms. The predicted molar refractivity (Wildman–Crippen MR) is 34.6 cm³/mol. The lowest BCUT2D eigenvalue weighted by Crippen LogP contribution is -1.95. The average Bonchev–Trinajstić information content (AvgIpc) is 1.62. The van der Waals surface area contributed by atoms with E-state index in [0.717, 1.165) is 6.42 Å². The van der Waals surface area contributed by atoms with Gasteiger partial charge in [-0.15, -0.1) is 0 Å². The summed E-state index contributed by atoms with van der Waals surface area (Å²) < 4.78 is 0. The second-order valence-electron chi connectivity index (χ2n) is 1.77. The second kappa shape index (κ2) is 3.24. The molecule has 2 heteroatoms. The highest BCUT2D eigenvalue weighted by molar-refractivity contribution is 5.56. The summed E-state index contributed by atoms with van der Waals surface area (Å²) in [7, 11) is 0. The van der Waals surface area contributed by atoms with Gasteiger partial charge in [-0.05, 0) is 19.3 Å². The summed E-state index contributed by atoms with van der Waals surface area (Å²) in [5.41, 5.74) is 2.78. The monoisotopic (exact) mass is 110 g/mol. The minimum absolute atomic E-state index is 1.09. The number of hydrogen-bond donors (Lipinski definition) is 1. The van der Waals surface area contributed by atoms with E-state index >= 15 is 0 Å². The highest BCUT2D eigenvalue weighted by Gasteiger charge is 1.82. The molecule has 1 rings (SSSR count). The lowest BCUT2D eigenvalue weighted by atomic mass is 10.2. The van der Waals surface area contributed by atoms with Gasteiger partial charge in [0.15, 0.2) is 0 Å². The summed E-state index contributed by atoms with van der Waals surface area (Å²) in [6, 6.07) is 0. The fraction of sp³-hybridized carbons (Fsp3) is 0.500. The van der Waals surface area contributed by atoms with Crippen LogP contribution in [0, 0.1) is 0 Å². The Morgan fingerprint density at radius 3 is 3.38 bits per heavy atom. The highest BCUT2D eigenvalue weighted by Crippen LogP contribution is 1.94. The molecule has 0 radical (unpaired) electrons. The van der Waals surface area contributed by atoms with Crippen molar-refractivity contribution in [3.05, 3.63) is 12.3 Å². The van der Waals surface area contributed by atoms with Crippen LogP contribution in [0.1, 0.15) is 19.3 Å². The normalized spacial score (nSPS) is 23.0. The molecule has 0 unspecified atom stereocenters. The van der Waals surface area contributed by atoms with Crippen LogP contribution in [0.4, 0.5) is 0 Å². The Balaban J connectivity index is 2.31. The summed E-state index contributed by atoms with van der Waals surface area (Å²) in [6.07, 6.45) is 9.35. The minimum Gasteiger partial charge on any atom is -0.286 e. The van der Waals surface area contributed by atoms with Crippen LogP contribution in [0.15, 0.2) is 17.4 Å². The highest BCUT2D eigenvalue weighted by atomic mass is 15.3. The van der Waals surface area contributed by atoms with Gasteiger partial charge in [0.1, 0.15) is 0 Å². The van der Waals surface area contributed by atoms with Gasteiger partial charge in [-0.1, -0.05) is 6.08 Å². The number of nitrogens with one attached hydrogen (secondary N) is 1. The van der Waals surface area contributed by atoms with Gasteiger partial charge in [-0.3, -0.25) is 5.43 Å². The standard InChI is InChI=1S/C6H10N2/c1-2-4-6-8-7-5-3-1/h3,5-7H,1-2,4H2/b5-3?,8-6-. The van der Waals surface area contributed by atoms with Crippen molar-refractivity contribution in [1.82, 2.24) is 5.43 Å². The first kappa shape index (κ1) is 5.35. The van der Waals surface area contributed by atoms with Crippen molar-refractivity contribution in [2.75, 3.05) is 0 Å². The summed E-state index contributed by atoms with van der Waals surface area (Å²) in [5, 5.41) is 3.87. The van der Waals surface area contributed by atoms with Crippen LogP contribution in [-0.4, -0.2) is 6.21 Å². The summed E-state index contributed by atoms with van der Waals surface area (Å²) in [5.74, 6) is 0. The van der Waals surface area contributed by atoms with E-state index in [0.29, 0.717) is 0 Å². The molecule has 0 aliphatic carbocycles. The first-order valence-corrected chi connectivity index (χ1v) is 2.92. The van der Waals surface area contributed by atoms with Gasteiger partial charge in [0.25, 0.3) is 0 Å². The van der Waals surface area contributed by atoms with E-state index in [-0.39, 0.29) is 0 Å². The van der Waals surface area contributed by atoms with E-state index in [1.807, 2.05) is 12.4 Å². The SMILES string of the molecule is C1=CN/N=C\CCC1. The molecular formula is C6H10N2. The van der Waals surface area contributed by atoms with Gasteiger partial charge in [0, 0.05) is 12.4 Å². The smallest absolute Gasteiger partial charge is 0.0246 e. The van der Waals surface area contributed by atoms with E-state index in [1.165, 1.54) is 12.8 Å². The van der Waals surface area contributed by atoms with E-state index in [1.54, 1.807) is 0 Å². The zero-order valence-corrected chi connectivity index (χ0v) is 4.80. The molecule has 2 nitrogen and oxygen atoms in total. The molecule has 0 aromatic carbocycles. The number of hydrazone groups is 1. The molecule has 1 aliphatic heterocycles. The fourth-order valence-corrected chi connectivity index (χ4v) is 0.623. The van der Waals surface area contributed by atoms with Crippen molar-refractivity contribution < 1.29 is 0 Å². The molecule has 0 atom stereocenters. The Bertz CT molecular complexity index is 93.1. The maximum atomic E-state index is 3.87. The topological polar surface area (TPSA) is 24.4 Å². The second-order valence-corrected chi connectivity index (χ2v) is 1.77. The van der Waals surface area contributed by atoms with Gasteiger partial charge in [0.2, 0.25) is 0 Å². The van der Waals surface area contributed by atoms with E-state index in [4.69, 9.17) is 0 Å². The molecule has 0 aromatic heterocycles. The number of allylic oxidation sites excluding steroid dienone is 1. The predicted octanol–water partition coefficient (Wildman–Crippen LogP) is 1.26. The van der Waals surface area contributed by atoms with Crippen LogP contribution < -0.4 is 5.43 Å². The molecular weight excluding hydrogens is 100 g/mol. The lowest BCUT2D eigenvalue weighted by molar-refractivity contribution is 0.851. The lowest BCUT2D eigenvalue weighted by Gasteiger charge is -1.94. The Hall–Kier alpha value is -0.790. The molecule has 8 heavy (non-hydrogen) atoms. The molecule has 0 spiro atoms. The molecule has 1 aliphatic rings.